The highest BCUT2D eigenvalue weighted by atomic mass is 16.7. The topological polar surface area (TPSA) is 71.1 Å². The Bertz CT molecular complexity index is 506. The Hall–Kier alpha value is -2.50. The molecule has 0 saturated carbocycles. The van der Waals surface area contributed by atoms with Gasteiger partial charge in [-0.05, 0) is 31.2 Å². The Morgan fingerprint density at radius 2 is 2.00 bits per heavy atom. The molecular weight excluding hydrogens is 264 g/mol. The third-order valence-electron chi connectivity index (χ3n) is 2.25. The molecule has 0 spiro atoms. The molecule has 6 nitrogen and oxygen atoms in total. The normalized spacial score (nSPS) is 10.2. The number of hydrogen-bond donors (Lipinski definition) is 0. The van der Waals surface area contributed by atoms with E-state index in [9.17, 15) is 9.59 Å². The summed E-state index contributed by atoms with van der Waals surface area (Å²) in [4.78, 5) is 22.3. The molecule has 0 aliphatic carbocycles. The van der Waals surface area contributed by atoms with E-state index in [2.05, 4.69) is 4.74 Å². The van der Waals surface area contributed by atoms with Crippen LogP contribution in [0.2, 0.25) is 0 Å². The monoisotopic (exact) mass is 280 g/mol. The summed E-state index contributed by atoms with van der Waals surface area (Å²) in [6.45, 7) is 2.02. The first kappa shape index (κ1) is 15.6. The van der Waals surface area contributed by atoms with Gasteiger partial charge in [-0.15, -0.1) is 0 Å². The lowest BCUT2D eigenvalue weighted by Gasteiger charge is -2.07. The van der Waals surface area contributed by atoms with Crippen molar-refractivity contribution in [2.75, 3.05) is 20.8 Å². The fourth-order valence-corrected chi connectivity index (χ4v) is 1.39. The summed E-state index contributed by atoms with van der Waals surface area (Å²) in [5.74, 6) is 0.345. The lowest BCUT2D eigenvalue weighted by atomic mass is 10.1. The Balaban J connectivity index is 2.94. The minimum atomic E-state index is -0.824. The van der Waals surface area contributed by atoms with Crippen LogP contribution in [0.3, 0.4) is 0 Å². The Labute approximate surface area is 116 Å². The number of esters is 1. The second-order valence-corrected chi connectivity index (χ2v) is 3.55. The predicted molar refractivity (Wildman–Crippen MR) is 71.7 cm³/mol. The van der Waals surface area contributed by atoms with E-state index < -0.39 is 12.1 Å². The summed E-state index contributed by atoms with van der Waals surface area (Å²) in [7, 11) is 2.71. The van der Waals surface area contributed by atoms with Crippen molar-refractivity contribution < 1.29 is 28.5 Å². The van der Waals surface area contributed by atoms with Gasteiger partial charge in [0.1, 0.15) is 11.5 Å². The van der Waals surface area contributed by atoms with Gasteiger partial charge in [-0.25, -0.2) is 9.59 Å². The third-order valence-corrected chi connectivity index (χ3v) is 2.25. The molecule has 0 saturated heterocycles. The number of carbonyl (C=O) groups excluding carboxylic acids is 2. The van der Waals surface area contributed by atoms with E-state index in [1.54, 1.807) is 25.1 Å². The molecule has 1 aromatic rings. The standard InChI is InChI=1S/C14H16O6/c1-4-19-13(15)8-5-10-9-11(20-14(16)18-3)6-7-12(10)17-2/h5-9H,4H2,1-3H3/b8-5+. The fraction of sp³-hybridized carbons (Fsp3) is 0.286. The molecular formula is C14H16O6. The van der Waals surface area contributed by atoms with Gasteiger partial charge in [-0.3, -0.25) is 0 Å². The van der Waals surface area contributed by atoms with E-state index in [1.165, 1.54) is 26.4 Å². The predicted octanol–water partition coefficient (Wildman–Crippen LogP) is 2.42. The largest absolute Gasteiger partial charge is 0.513 e. The summed E-state index contributed by atoms with van der Waals surface area (Å²) in [5, 5.41) is 0. The van der Waals surface area contributed by atoms with Crippen LogP contribution in [0.25, 0.3) is 6.08 Å². The number of benzene rings is 1. The molecule has 0 atom stereocenters. The minimum absolute atomic E-state index is 0.279. The molecule has 0 N–H and O–H groups in total. The molecule has 0 bridgehead atoms. The summed E-state index contributed by atoms with van der Waals surface area (Å²) in [5.41, 5.74) is 0.571. The molecule has 108 valence electrons. The average molecular weight is 280 g/mol. The maximum Gasteiger partial charge on any atom is 0.513 e. The van der Waals surface area contributed by atoms with Crippen molar-refractivity contribution in [2.45, 2.75) is 6.92 Å². The lowest BCUT2D eigenvalue weighted by molar-refractivity contribution is -0.137. The minimum Gasteiger partial charge on any atom is -0.496 e. The van der Waals surface area contributed by atoms with Crippen LogP contribution in [0.15, 0.2) is 24.3 Å². The molecule has 0 aliphatic rings. The lowest BCUT2D eigenvalue weighted by Crippen LogP contribution is -2.07. The van der Waals surface area contributed by atoms with E-state index in [0.29, 0.717) is 17.9 Å². The number of ether oxygens (including phenoxy) is 4. The van der Waals surface area contributed by atoms with Gasteiger partial charge in [0.05, 0.1) is 20.8 Å². The van der Waals surface area contributed by atoms with Crippen LogP contribution >= 0.6 is 0 Å². The molecule has 0 amide bonds. The number of carbonyl (C=O) groups is 2. The number of hydrogen-bond acceptors (Lipinski definition) is 6. The summed E-state index contributed by atoms with van der Waals surface area (Å²) in [6.07, 6.45) is 1.96. The Morgan fingerprint density at radius 3 is 2.60 bits per heavy atom. The van der Waals surface area contributed by atoms with Crippen LogP contribution < -0.4 is 9.47 Å². The van der Waals surface area contributed by atoms with Gasteiger partial charge < -0.3 is 18.9 Å². The highest BCUT2D eigenvalue weighted by Crippen LogP contribution is 2.25. The van der Waals surface area contributed by atoms with Gasteiger partial charge in [0.15, 0.2) is 0 Å². The number of methoxy groups -OCH3 is 2. The first-order valence-corrected chi connectivity index (χ1v) is 5.89. The van der Waals surface area contributed by atoms with Crippen molar-refractivity contribution in [2.24, 2.45) is 0 Å². The van der Waals surface area contributed by atoms with Crippen molar-refractivity contribution >= 4 is 18.2 Å². The van der Waals surface area contributed by atoms with Crippen molar-refractivity contribution in [1.29, 1.82) is 0 Å². The quantitative estimate of drug-likeness (QED) is 0.468. The molecule has 0 unspecified atom stereocenters. The van der Waals surface area contributed by atoms with Gasteiger partial charge >= 0.3 is 12.1 Å². The van der Waals surface area contributed by atoms with E-state index in [0.717, 1.165) is 0 Å². The van der Waals surface area contributed by atoms with Crippen molar-refractivity contribution in [3.8, 4) is 11.5 Å². The molecule has 0 radical (unpaired) electrons. The Morgan fingerprint density at radius 1 is 1.25 bits per heavy atom. The number of rotatable bonds is 5. The van der Waals surface area contributed by atoms with E-state index in [-0.39, 0.29) is 5.75 Å². The van der Waals surface area contributed by atoms with Crippen LogP contribution in [-0.4, -0.2) is 33.0 Å². The first-order chi connectivity index (χ1) is 9.60. The van der Waals surface area contributed by atoms with Gasteiger partial charge in [0.25, 0.3) is 0 Å². The molecule has 0 aliphatic heterocycles. The molecule has 0 aromatic heterocycles. The smallest absolute Gasteiger partial charge is 0.496 e. The highest BCUT2D eigenvalue weighted by Gasteiger charge is 2.07. The first-order valence-electron chi connectivity index (χ1n) is 5.89. The second kappa shape index (κ2) is 7.83. The van der Waals surface area contributed by atoms with E-state index in [1.807, 2.05) is 0 Å². The highest BCUT2D eigenvalue weighted by molar-refractivity contribution is 5.87. The molecule has 6 heteroatoms. The maximum atomic E-state index is 11.3. The molecule has 1 rings (SSSR count). The molecule has 1 aromatic carbocycles. The zero-order chi connectivity index (χ0) is 15.0. The zero-order valence-electron chi connectivity index (χ0n) is 11.5. The van der Waals surface area contributed by atoms with Gasteiger partial charge in [-0.2, -0.15) is 0 Å². The second-order valence-electron chi connectivity index (χ2n) is 3.55. The van der Waals surface area contributed by atoms with Crippen LogP contribution in [0.1, 0.15) is 12.5 Å². The van der Waals surface area contributed by atoms with Crippen LogP contribution in [0.4, 0.5) is 4.79 Å². The van der Waals surface area contributed by atoms with Crippen LogP contribution in [0.5, 0.6) is 11.5 Å². The molecule has 20 heavy (non-hydrogen) atoms. The summed E-state index contributed by atoms with van der Waals surface area (Å²) in [6, 6.07) is 4.71. The van der Waals surface area contributed by atoms with Gasteiger partial charge in [0, 0.05) is 11.6 Å². The van der Waals surface area contributed by atoms with E-state index in [4.69, 9.17) is 14.2 Å². The maximum absolute atomic E-state index is 11.3. The summed E-state index contributed by atoms with van der Waals surface area (Å²) < 4.78 is 19.2. The van der Waals surface area contributed by atoms with Gasteiger partial charge in [-0.1, -0.05) is 0 Å². The Kier molecular flexibility index (Phi) is 6.09. The molecule has 0 fully saturated rings. The summed E-state index contributed by atoms with van der Waals surface area (Å²) >= 11 is 0. The van der Waals surface area contributed by atoms with Crippen LogP contribution in [0, 0.1) is 0 Å². The van der Waals surface area contributed by atoms with E-state index >= 15 is 0 Å². The fourth-order valence-electron chi connectivity index (χ4n) is 1.39. The SMILES string of the molecule is CCOC(=O)/C=C/c1cc(OC(=O)OC)ccc1OC. The van der Waals surface area contributed by atoms with Crippen LogP contribution in [-0.2, 0) is 14.3 Å². The third kappa shape index (κ3) is 4.64. The van der Waals surface area contributed by atoms with Crippen molar-refractivity contribution in [3.05, 3.63) is 29.8 Å². The van der Waals surface area contributed by atoms with Gasteiger partial charge in [0.2, 0.25) is 0 Å². The van der Waals surface area contributed by atoms with Crippen molar-refractivity contribution in [3.63, 3.8) is 0 Å². The molecule has 0 heterocycles. The van der Waals surface area contributed by atoms with Crippen molar-refractivity contribution in [1.82, 2.24) is 0 Å². The zero-order valence-corrected chi connectivity index (χ0v) is 11.5. The average Bonchev–Trinajstić information content (AvgIpc) is 2.45.